The molecule has 1 aliphatic rings. The summed E-state index contributed by atoms with van der Waals surface area (Å²) in [4.78, 5) is 13.1. The second-order valence-corrected chi connectivity index (χ2v) is 25.8. The van der Waals surface area contributed by atoms with Gasteiger partial charge < -0.3 is 40.3 Å². The predicted molar refractivity (Wildman–Crippen MR) is 341 cm³/mol. The molecule has 6 N–H and O–H groups in total. The highest BCUT2D eigenvalue weighted by molar-refractivity contribution is 5.76. The van der Waals surface area contributed by atoms with Gasteiger partial charge in [-0.2, -0.15) is 0 Å². The third-order valence-corrected chi connectivity index (χ3v) is 18.0. The first-order valence-electron chi connectivity index (χ1n) is 36.2. The van der Waals surface area contributed by atoms with E-state index in [0.717, 1.165) is 38.5 Å². The lowest BCUT2D eigenvalue weighted by Crippen LogP contribution is -2.60. The molecule has 7 unspecified atom stereocenters. The number of aliphatic hydroxyl groups excluding tert-OH is 5. The van der Waals surface area contributed by atoms with Gasteiger partial charge in [0.2, 0.25) is 5.91 Å². The normalized spacial score (nSPS) is 18.3. The van der Waals surface area contributed by atoms with Gasteiger partial charge in [0.15, 0.2) is 6.29 Å². The van der Waals surface area contributed by atoms with E-state index in [2.05, 4.69) is 19.2 Å². The van der Waals surface area contributed by atoms with E-state index in [1.165, 1.54) is 327 Å². The predicted octanol–water partition coefficient (Wildman–Crippen LogP) is 19.7. The van der Waals surface area contributed by atoms with Crippen LogP contribution < -0.4 is 5.32 Å². The molecular weight excluding hydrogens is 995 g/mol. The van der Waals surface area contributed by atoms with Crippen molar-refractivity contribution in [1.82, 2.24) is 5.32 Å². The van der Waals surface area contributed by atoms with E-state index in [0.29, 0.717) is 12.8 Å². The molecule has 1 rings (SSSR count). The van der Waals surface area contributed by atoms with Crippen LogP contribution in [-0.4, -0.2) is 87.5 Å². The van der Waals surface area contributed by atoms with Gasteiger partial charge in [0.1, 0.15) is 24.4 Å². The summed E-state index contributed by atoms with van der Waals surface area (Å²) in [5.74, 6) is -0.133. The van der Waals surface area contributed by atoms with Gasteiger partial charge in [-0.1, -0.05) is 373 Å². The van der Waals surface area contributed by atoms with Crippen LogP contribution in [0.1, 0.15) is 393 Å². The Bertz CT molecular complexity index is 1220. The van der Waals surface area contributed by atoms with E-state index in [1.807, 2.05) is 0 Å². The lowest BCUT2D eigenvalue weighted by atomic mass is 9.99. The van der Waals surface area contributed by atoms with Gasteiger partial charge in [0.05, 0.1) is 25.4 Å². The largest absolute Gasteiger partial charge is 0.394 e. The van der Waals surface area contributed by atoms with Crippen LogP contribution in [0.15, 0.2) is 0 Å². The van der Waals surface area contributed by atoms with Crippen molar-refractivity contribution < 1.29 is 39.8 Å². The van der Waals surface area contributed by atoms with Crippen LogP contribution in [0, 0.1) is 0 Å². The second-order valence-electron chi connectivity index (χ2n) is 25.8. The molecule has 7 atom stereocenters. The highest BCUT2D eigenvalue weighted by Crippen LogP contribution is 2.24. The molecule has 1 heterocycles. The van der Waals surface area contributed by atoms with Gasteiger partial charge in [-0.25, -0.2) is 0 Å². The summed E-state index contributed by atoms with van der Waals surface area (Å²) in [5.41, 5.74) is 0. The maximum Gasteiger partial charge on any atom is 0.220 e. The number of nitrogens with one attached hydrogen (secondary N) is 1. The van der Waals surface area contributed by atoms with E-state index in [-0.39, 0.29) is 12.5 Å². The van der Waals surface area contributed by atoms with E-state index >= 15 is 0 Å². The second kappa shape index (κ2) is 61.3. The van der Waals surface area contributed by atoms with Crippen molar-refractivity contribution in [3.05, 3.63) is 0 Å². The van der Waals surface area contributed by atoms with Gasteiger partial charge in [0.25, 0.3) is 0 Å². The van der Waals surface area contributed by atoms with Crippen LogP contribution in [0.4, 0.5) is 0 Å². The summed E-state index contributed by atoms with van der Waals surface area (Å²) in [6, 6.07) is -0.715. The highest BCUT2D eigenvalue weighted by atomic mass is 16.7. The summed E-state index contributed by atoms with van der Waals surface area (Å²) in [7, 11) is 0. The molecule has 0 spiro atoms. The van der Waals surface area contributed by atoms with Crippen molar-refractivity contribution in [2.45, 2.75) is 436 Å². The lowest BCUT2D eigenvalue weighted by molar-refractivity contribution is -0.302. The van der Waals surface area contributed by atoms with Crippen molar-refractivity contribution in [3.8, 4) is 0 Å². The standard InChI is InChI=1S/C71H141NO8/c1-3-5-7-9-11-13-15-17-19-21-23-25-27-29-30-31-32-33-34-35-36-37-38-40-42-44-46-48-50-52-54-56-58-60-65(74)64(63-79-71-70(78)69(77)68(76)66(62-73)80-71)72-67(75)61-59-57-55-53-51-49-47-45-43-41-39-28-26-24-22-20-18-16-14-12-10-8-6-4-2/h64-66,68-71,73-74,76-78H,3-63H2,1-2H3,(H,72,75). The van der Waals surface area contributed by atoms with Gasteiger partial charge in [-0.05, 0) is 12.8 Å². The fourth-order valence-corrected chi connectivity index (χ4v) is 12.3. The van der Waals surface area contributed by atoms with Crippen molar-refractivity contribution >= 4 is 5.91 Å². The topological polar surface area (TPSA) is 149 Å². The number of ether oxygens (including phenoxy) is 2. The van der Waals surface area contributed by atoms with Crippen LogP contribution in [0.5, 0.6) is 0 Å². The summed E-state index contributed by atoms with van der Waals surface area (Å²) >= 11 is 0. The molecule has 478 valence electrons. The Balaban J connectivity index is 2.07. The molecule has 0 aliphatic carbocycles. The fraction of sp³-hybridized carbons (Fsp3) is 0.986. The minimum atomic E-state index is -1.55. The molecule has 80 heavy (non-hydrogen) atoms. The number of carbonyl (C=O) groups is 1. The first-order valence-corrected chi connectivity index (χ1v) is 36.2. The number of hydrogen-bond donors (Lipinski definition) is 6. The Labute approximate surface area is 497 Å². The van der Waals surface area contributed by atoms with Gasteiger partial charge in [0, 0.05) is 6.42 Å². The summed E-state index contributed by atoms with van der Waals surface area (Å²) in [5, 5.41) is 55.0. The Kier molecular flexibility index (Phi) is 59.1. The molecule has 0 radical (unpaired) electrons. The molecule has 0 saturated carbocycles. The molecule has 1 fully saturated rings. The molecule has 1 saturated heterocycles. The van der Waals surface area contributed by atoms with Crippen LogP contribution in [-0.2, 0) is 14.3 Å². The average molecular weight is 1140 g/mol. The maximum absolute atomic E-state index is 13.1. The monoisotopic (exact) mass is 1140 g/mol. The fourth-order valence-electron chi connectivity index (χ4n) is 12.3. The minimum Gasteiger partial charge on any atom is -0.394 e. The Morgan fingerprint density at radius 3 is 0.887 bits per heavy atom. The third kappa shape index (κ3) is 49.5. The van der Waals surface area contributed by atoms with Crippen LogP contribution >= 0.6 is 0 Å². The Hall–Kier alpha value is -0.810. The van der Waals surface area contributed by atoms with Gasteiger partial charge >= 0.3 is 0 Å². The Morgan fingerprint density at radius 1 is 0.375 bits per heavy atom. The summed E-state index contributed by atoms with van der Waals surface area (Å²) in [6.45, 7) is 3.91. The number of amides is 1. The first kappa shape index (κ1) is 77.2. The molecule has 0 aromatic heterocycles. The number of hydrogen-bond acceptors (Lipinski definition) is 8. The van der Waals surface area contributed by atoms with Crippen LogP contribution in [0.25, 0.3) is 0 Å². The van der Waals surface area contributed by atoms with Crippen LogP contribution in [0.3, 0.4) is 0 Å². The molecule has 0 aromatic rings. The molecule has 0 bridgehead atoms. The smallest absolute Gasteiger partial charge is 0.220 e. The molecule has 9 nitrogen and oxygen atoms in total. The van der Waals surface area contributed by atoms with E-state index < -0.39 is 49.5 Å². The van der Waals surface area contributed by atoms with Crippen molar-refractivity contribution in [2.75, 3.05) is 13.2 Å². The molecular formula is C71H141NO8. The average Bonchev–Trinajstić information content (AvgIpc) is 3.46. The third-order valence-electron chi connectivity index (χ3n) is 18.0. The van der Waals surface area contributed by atoms with Crippen molar-refractivity contribution in [1.29, 1.82) is 0 Å². The van der Waals surface area contributed by atoms with Crippen molar-refractivity contribution in [3.63, 3.8) is 0 Å². The zero-order valence-corrected chi connectivity index (χ0v) is 53.6. The lowest BCUT2D eigenvalue weighted by Gasteiger charge is -2.40. The SMILES string of the molecule is CCCCCCCCCCCCCCCCCCCCCCCCCCCCCCCCCCCC(O)C(COC1OC(CO)C(O)C(O)C1O)NC(=O)CCCCCCCCCCCCCCCCCCCCCCCCCC. The van der Waals surface area contributed by atoms with E-state index in [4.69, 9.17) is 9.47 Å². The summed E-state index contributed by atoms with van der Waals surface area (Å²) in [6.07, 6.45) is 70.4. The highest BCUT2D eigenvalue weighted by Gasteiger charge is 2.44. The zero-order chi connectivity index (χ0) is 57.9. The number of rotatable bonds is 65. The maximum atomic E-state index is 13.1. The molecule has 0 aromatic carbocycles. The first-order chi connectivity index (χ1) is 39.3. The van der Waals surface area contributed by atoms with E-state index in [1.54, 1.807) is 0 Å². The molecule has 1 aliphatic heterocycles. The number of aliphatic hydroxyl groups is 5. The summed E-state index contributed by atoms with van der Waals surface area (Å²) < 4.78 is 11.4. The molecule has 9 heteroatoms. The number of unbranched alkanes of at least 4 members (excludes halogenated alkanes) is 55. The van der Waals surface area contributed by atoms with E-state index in [9.17, 15) is 30.3 Å². The van der Waals surface area contributed by atoms with Gasteiger partial charge in [-0.15, -0.1) is 0 Å². The Morgan fingerprint density at radius 2 is 0.625 bits per heavy atom. The molecule has 1 amide bonds. The van der Waals surface area contributed by atoms with Gasteiger partial charge in [-0.3, -0.25) is 4.79 Å². The van der Waals surface area contributed by atoms with Crippen LogP contribution in [0.2, 0.25) is 0 Å². The quantitative estimate of drug-likeness (QED) is 0.0330. The van der Waals surface area contributed by atoms with Crippen molar-refractivity contribution in [2.24, 2.45) is 0 Å². The minimum absolute atomic E-state index is 0.130. The number of carbonyl (C=O) groups excluding carboxylic acids is 1. The zero-order valence-electron chi connectivity index (χ0n) is 53.6.